The molecule has 2 nitrogen and oxygen atoms in total. The maximum Gasteiger partial charge on any atom is 0.0385 e. The van der Waals surface area contributed by atoms with Gasteiger partial charge < -0.3 is 4.90 Å². The zero-order chi connectivity index (χ0) is 13.5. The molecule has 3 heteroatoms. The van der Waals surface area contributed by atoms with Crippen LogP contribution in [0.5, 0.6) is 0 Å². The van der Waals surface area contributed by atoms with Gasteiger partial charge in [0.2, 0.25) is 0 Å². The predicted octanol–water partition coefficient (Wildman–Crippen LogP) is 2.88. The summed E-state index contributed by atoms with van der Waals surface area (Å²) in [6, 6.07) is 11.0. The quantitative estimate of drug-likeness (QED) is 0.757. The summed E-state index contributed by atoms with van der Waals surface area (Å²) in [6.07, 6.45) is 2.91. The Balaban J connectivity index is 2.38. The molecule has 0 amide bonds. The molecule has 0 heterocycles. The third kappa shape index (κ3) is 5.32. The largest absolute Gasteiger partial charge is 0.303 e. The highest BCUT2D eigenvalue weighted by Gasteiger charge is 2.12. The summed E-state index contributed by atoms with van der Waals surface area (Å²) >= 11 is 0. The second-order valence-corrected chi connectivity index (χ2v) is 6.65. The predicted molar refractivity (Wildman–Crippen MR) is 80.5 cm³/mol. The summed E-state index contributed by atoms with van der Waals surface area (Å²) in [4.78, 5) is 2.31. The SMILES string of the molecule is C[C@H](CCN(C)[C@@H](C)C[S@@](C)=O)c1ccccc1. The Morgan fingerprint density at radius 2 is 1.83 bits per heavy atom. The lowest BCUT2D eigenvalue weighted by Gasteiger charge is -2.25. The Hall–Kier alpha value is -0.670. The van der Waals surface area contributed by atoms with Gasteiger partial charge in [-0.15, -0.1) is 0 Å². The lowest BCUT2D eigenvalue weighted by atomic mass is 9.97. The molecule has 102 valence electrons. The molecule has 18 heavy (non-hydrogen) atoms. The first kappa shape index (κ1) is 15.4. The van der Waals surface area contributed by atoms with E-state index in [4.69, 9.17) is 0 Å². The average molecular weight is 267 g/mol. The fourth-order valence-corrected chi connectivity index (χ4v) is 2.97. The van der Waals surface area contributed by atoms with Crippen molar-refractivity contribution in [3.05, 3.63) is 35.9 Å². The molecule has 0 N–H and O–H groups in total. The molecule has 0 aliphatic heterocycles. The van der Waals surface area contributed by atoms with Gasteiger partial charge in [-0.3, -0.25) is 4.21 Å². The van der Waals surface area contributed by atoms with Crippen LogP contribution in [0.4, 0.5) is 0 Å². The van der Waals surface area contributed by atoms with Crippen LogP contribution in [0.1, 0.15) is 31.7 Å². The monoisotopic (exact) mass is 267 g/mol. The number of benzene rings is 1. The smallest absolute Gasteiger partial charge is 0.0385 e. The van der Waals surface area contributed by atoms with Crippen LogP contribution >= 0.6 is 0 Å². The van der Waals surface area contributed by atoms with Crippen LogP contribution in [0.3, 0.4) is 0 Å². The summed E-state index contributed by atoms with van der Waals surface area (Å²) < 4.78 is 11.2. The fourth-order valence-electron chi connectivity index (χ4n) is 2.03. The number of rotatable bonds is 7. The molecular weight excluding hydrogens is 242 g/mol. The summed E-state index contributed by atoms with van der Waals surface area (Å²) in [6.45, 7) is 5.47. The summed E-state index contributed by atoms with van der Waals surface area (Å²) in [5, 5.41) is 0. The minimum absolute atomic E-state index is 0.388. The molecule has 0 saturated carbocycles. The molecule has 0 aromatic heterocycles. The summed E-state index contributed by atoms with van der Waals surface area (Å²) in [7, 11) is 1.41. The topological polar surface area (TPSA) is 20.3 Å². The van der Waals surface area contributed by atoms with Gasteiger partial charge in [0.1, 0.15) is 0 Å². The van der Waals surface area contributed by atoms with Gasteiger partial charge in [-0.1, -0.05) is 37.3 Å². The molecule has 0 aliphatic rings. The van der Waals surface area contributed by atoms with Crippen LogP contribution in [0, 0.1) is 0 Å². The highest BCUT2D eigenvalue weighted by Crippen LogP contribution is 2.18. The van der Waals surface area contributed by atoms with Crippen LogP contribution in [0.25, 0.3) is 0 Å². The molecule has 0 unspecified atom stereocenters. The van der Waals surface area contributed by atoms with Crippen LogP contribution in [-0.4, -0.2) is 40.8 Å². The maximum atomic E-state index is 11.2. The van der Waals surface area contributed by atoms with Crippen molar-refractivity contribution in [3.63, 3.8) is 0 Å². The van der Waals surface area contributed by atoms with Crippen molar-refractivity contribution < 1.29 is 4.21 Å². The minimum Gasteiger partial charge on any atom is -0.303 e. The Bertz CT molecular complexity index is 366. The number of nitrogens with zero attached hydrogens (tertiary/aromatic N) is 1. The van der Waals surface area contributed by atoms with E-state index in [0.717, 1.165) is 18.7 Å². The van der Waals surface area contributed by atoms with E-state index >= 15 is 0 Å². The molecular formula is C15H25NOS. The number of hydrogen-bond donors (Lipinski definition) is 0. The molecule has 1 aromatic carbocycles. The van der Waals surface area contributed by atoms with Gasteiger partial charge in [-0.2, -0.15) is 0 Å². The second-order valence-electron chi connectivity index (χ2n) is 5.17. The molecule has 1 rings (SSSR count). The Morgan fingerprint density at radius 3 is 2.39 bits per heavy atom. The van der Waals surface area contributed by atoms with E-state index in [-0.39, 0.29) is 0 Å². The van der Waals surface area contributed by atoms with Gasteiger partial charge in [-0.25, -0.2) is 0 Å². The Kier molecular flexibility index (Phi) is 6.58. The van der Waals surface area contributed by atoms with Gasteiger partial charge in [0.15, 0.2) is 0 Å². The fraction of sp³-hybridized carbons (Fsp3) is 0.600. The van der Waals surface area contributed by atoms with Gasteiger partial charge in [-0.05, 0) is 38.4 Å². The van der Waals surface area contributed by atoms with Gasteiger partial charge in [0, 0.05) is 28.9 Å². The molecule has 0 bridgehead atoms. The van der Waals surface area contributed by atoms with Crippen LogP contribution in [-0.2, 0) is 10.8 Å². The zero-order valence-electron chi connectivity index (χ0n) is 11.9. The van der Waals surface area contributed by atoms with Crippen molar-refractivity contribution in [2.75, 3.05) is 25.6 Å². The average Bonchev–Trinajstić information content (AvgIpc) is 2.35. The molecule has 0 spiro atoms. The first-order valence-electron chi connectivity index (χ1n) is 6.56. The second kappa shape index (κ2) is 7.70. The molecule has 0 saturated heterocycles. The van der Waals surface area contributed by atoms with Crippen molar-refractivity contribution in [1.82, 2.24) is 4.90 Å². The summed E-state index contributed by atoms with van der Waals surface area (Å²) in [5.74, 6) is 1.34. The third-order valence-electron chi connectivity index (χ3n) is 3.51. The Labute approximate surface area is 114 Å². The van der Waals surface area contributed by atoms with Gasteiger partial charge in [0.25, 0.3) is 0 Å². The van der Waals surface area contributed by atoms with E-state index in [0.29, 0.717) is 12.0 Å². The van der Waals surface area contributed by atoms with E-state index in [1.54, 1.807) is 6.26 Å². The molecule has 0 fully saturated rings. The highest BCUT2D eigenvalue weighted by molar-refractivity contribution is 7.84. The van der Waals surface area contributed by atoms with Crippen LogP contribution in [0.15, 0.2) is 30.3 Å². The van der Waals surface area contributed by atoms with Gasteiger partial charge in [0.05, 0.1) is 0 Å². The van der Waals surface area contributed by atoms with Crippen LogP contribution in [0.2, 0.25) is 0 Å². The lowest BCUT2D eigenvalue weighted by molar-refractivity contribution is 0.267. The van der Waals surface area contributed by atoms with Crippen molar-refractivity contribution in [1.29, 1.82) is 0 Å². The highest BCUT2D eigenvalue weighted by atomic mass is 32.2. The van der Waals surface area contributed by atoms with Gasteiger partial charge >= 0.3 is 0 Å². The zero-order valence-corrected chi connectivity index (χ0v) is 12.7. The first-order chi connectivity index (χ1) is 8.50. The molecule has 3 atom stereocenters. The maximum absolute atomic E-state index is 11.2. The molecule has 0 radical (unpaired) electrons. The van der Waals surface area contributed by atoms with Crippen molar-refractivity contribution in [2.24, 2.45) is 0 Å². The Morgan fingerprint density at radius 1 is 1.22 bits per heavy atom. The van der Waals surface area contributed by atoms with E-state index in [1.165, 1.54) is 5.56 Å². The van der Waals surface area contributed by atoms with Crippen molar-refractivity contribution >= 4 is 10.8 Å². The third-order valence-corrected chi connectivity index (χ3v) is 4.46. The van der Waals surface area contributed by atoms with E-state index in [2.05, 4.69) is 56.1 Å². The van der Waals surface area contributed by atoms with Crippen LogP contribution < -0.4 is 0 Å². The molecule has 0 aliphatic carbocycles. The standard InChI is InChI=1S/C15H25NOS/c1-13(15-8-6-5-7-9-15)10-11-16(3)14(2)12-18(4)17/h5-9,13-14H,10-12H2,1-4H3/t13-,14+,18-/m1/s1. The normalized spacial score (nSPS) is 16.5. The summed E-state index contributed by atoms with van der Waals surface area (Å²) in [5.41, 5.74) is 1.40. The minimum atomic E-state index is -0.708. The van der Waals surface area contributed by atoms with E-state index < -0.39 is 10.8 Å². The van der Waals surface area contributed by atoms with E-state index in [1.807, 2.05) is 0 Å². The first-order valence-corrected chi connectivity index (χ1v) is 8.28. The molecule has 1 aromatic rings. The number of hydrogen-bond acceptors (Lipinski definition) is 2. The lowest BCUT2D eigenvalue weighted by Crippen LogP contribution is -2.34. The van der Waals surface area contributed by atoms with Crippen molar-refractivity contribution in [3.8, 4) is 0 Å². The van der Waals surface area contributed by atoms with E-state index in [9.17, 15) is 4.21 Å². The van der Waals surface area contributed by atoms with Crippen molar-refractivity contribution in [2.45, 2.75) is 32.2 Å².